The Morgan fingerprint density at radius 1 is 1.33 bits per heavy atom. The first kappa shape index (κ1) is 13.1. The summed E-state index contributed by atoms with van der Waals surface area (Å²) < 4.78 is 2.94. The van der Waals surface area contributed by atoms with Gasteiger partial charge in [-0.3, -0.25) is 4.68 Å². The lowest BCUT2D eigenvalue weighted by atomic mass is 10.1. The van der Waals surface area contributed by atoms with Crippen molar-refractivity contribution in [2.45, 2.75) is 26.8 Å². The molecular formula is C14H18BrN3. The number of rotatable bonds is 3. The molecule has 4 heteroatoms. The number of benzene rings is 1. The smallest absolute Gasteiger partial charge is 0.0646 e. The Hall–Kier alpha value is -1.29. The molecule has 1 unspecified atom stereocenters. The third-order valence-corrected chi connectivity index (χ3v) is 3.70. The molecule has 3 nitrogen and oxygen atoms in total. The molecule has 0 radical (unpaired) electrons. The summed E-state index contributed by atoms with van der Waals surface area (Å²) in [5, 5.41) is 7.90. The minimum absolute atomic E-state index is 0.233. The summed E-state index contributed by atoms with van der Waals surface area (Å²) in [4.78, 5) is 0. The molecule has 1 N–H and O–H groups in total. The highest BCUT2D eigenvalue weighted by atomic mass is 79.9. The van der Waals surface area contributed by atoms with Crippen molar-refractivity contribution in [3.05, 3.63) is 45.7 Å². The van der Waals surface area contributed by atoms with E-state index in [9.17, 15) is 0 Å². The summed E-state index contributed by atoms with van der Waals surface area (Å²) in [5.41, 5.74) is 4.66. The van der Waals surface area contributed by atoms with E-state index in [4.69, 9.17) is 0 Å². The van der Waals surface area contributed by atoms with Crippen LogP contribution in [0.1, 0.15) is 29.8 Å². The maximum absolute atomic E-state index is 4.38. The Bertz CT molecular complexity index is 560. The summed E-state index contributed by atoms with van der Waals surface area (Å²) in [7, 11) is 1.95. The summed E-state index contributed by atoms with van der Waals surface area (Å²) in [6.45, 7) is 6.29. The van der Waals surface area contributed by atoms with Crippen LogP contribution in [0.5, 0.6) is 0 Å². The first-order chi connectivity index (χ1) is 8.47. The van der Waals surface area contributed by atoms with Gasteiger partial charge in [-0.25, -0.2) is 0 Å². The van der Waals surface area contributed by atoms with E-state index < -0.39 is 0 Å². The molecule has 2 rings (SSSR count). The Balaban J connectivity index is 2.23. The van der Waals surface area contributed by atoms with Crippen molar-refractivity contribution in [3.8, 4) is 0 Å². The van der Waals surface area contributed by atoms with E-state index in [1.54, 1.807) is 0 Å². The number of halogens is 1. The van der Waals surface area contributed by atoms with Crippen LogP contribution in [0.2, 0.25) is 0 Å². The largest absolute Gasteiger partial charge is 0.377 e. The van der Waals surface area contributed by atoms with Gasteiger partial charge in [-0.2, -0.15) is 5.10 Å². The molecule has 1 aromatic heterocycles. The Labute approximate surface area is 116 Å². The fraction of sp³-hybridized carbons (Fsp3) is 0.357. The first-order valence-electron chi connectivity index (χ1n) is 6.00. The third-order valence-electron chi connectivity index (χ3n) is 3.01. The van der Waals surface area contributed by atoms with Gasteiger partial charge in [0.15, 0.2) is 0 Å². The molecule has 1 aromatic carbocycles. The zero-order valence-corrected chi connectivity index (χ0v) is 12.7. The summed E-state index contributed by atoms with van der Waals surface area (Å²) >= 11 is 3.57. The van der Waals surface area contributed by atoms with Gasteiger partial charge >= 0.3 is 0 Å². The van der Waals surface area contributed by atoms with E-state index in [1.165, 1.54) is 11.1 Å². The molecule has 0 saturated carbocycles. The van der Waals surface area contributed by atoms with Crippen LogP contribution in [0.15, 0.2) is 28.9 Å². The quantitative estimate of drug-likeness (QED) is 0.929. The van der Waals surface area contributed by atoms with Crippen LogP contribution in [0.25, 0.3) is 0 Å². The van der Waals surface area contributed by atoms with Gasteiger partial charge in [-0.05, 0) is 54.4 Å². The minimum Gasteiger partial charge on any atom is -0.377 e. The summed E-state index contributed by atoms with van der Waals surface area (Å²) in [5.74, 6) is 0. The number of hydrogen-bond acceptors (Lipinski definition) is 2. The molecule has 2 aromatic rings. The van der Waals surface area contributed by atoms with Gasteiger partial charge in [0.25, 0.3) is 0 Å². The number of nitrogens with one attached hydrogen (secondary N) is 1. The van der Waals surface area contributed by atoms with Gasteiger partial charge in [0.05, 0.1) is 11.7 Å². The lowest BCUT2D eigenvalue weighted by molar-refractivity contribution is 0.756. The molecule has 18 heavy (non-hydrogen) atoms. The van der Waals surface area contributed by atoms with Crippen LogP contribution >= 0.6 is 15.9 Å². The molecule has 0 amide bonds. The number of aryl methyl sites for hydroxylation is 3. The Morgan fingerprint density at radius 2 is 2.06 bits per heavy atom. The van der Waals surface area contributed by atoms with Gasteiger partial charge < -0.3 is 5.32 Å². The van der Waals surface area contributed by atoms with Crippen LogP contribution in [-0.2, 0) is 7.05 Å². The summed E-state index contributed by atoms with van der Waals surface area (Å²) in [6.07, 6.45) is 2.07. The fourth-order valence-electron chi connectivity index (χ4n) is 2.10. The first-order valence-corrected chi connectivity index (χ1v) is 6.79. The molecule has 0 bridgehead atoms. The van der Waals surface area contributed by atoms with Crippen molar-refractivity contribution in [1.82, 2.24) is 9.78 Å². The highest BCUT2D eigenvalue weighted by molar-refractivity contribution is 9.10. The van der Waals surface area contributed by atoms with E-state index in [2.05, 4.69) is 64.6 Å². The van der Waals surface area contributed by atoms with Gasteiger partial charge in [0.1, 0.15) is 0 Å². The number of aromatic nitrogens is 2. The van der Waals surface area contributed by atoms with Crippen LogP contribution in [0.4, 0.5) is 5.69 Å². The second kappa shape index (κ2) is 5.14. The fourth-order valence-corrected chi connectivity index (χ4v) is 2.46. The molecule has 0 aliphatic carbocycles. The van der Waals surface area contributed by atoms with Crippen molar-refractivity contribution in [2.75, 3.05) is 5.32 Å². The van der Waals surface area contributed by atoms with Crippen LogP contribution < -0.4 is 5.32 Å². The van der Waals surface area contributed by atoms with E-state index >= 15 is 0 Å². The van der Waals surface area contributed by atoms with Gasteiger partial charge in [0, 0.05) is 29.0 Å². The standard InChI is InChI=1S/C14H18BrN3/c1-9-5-6-13(15)14(7-9)16-10(2)12-8-18(4)17-11(12)3/h5-8,10,16H,1-4H3. The van der Waals surface area contributed by atoms with E-state index in [1.807, 2.05) is 18.7 Å². The molecule has 96 valence electrons. The topological polar surface area (TPSA) is 29.9 Å². The highest BCUT2D eigenvalue weighted by Gasteiger charge is 2.12. The Kier molecular flexibility index (Phi) is 3.76. The number of hydrogen-bond donors (Lipinski definition) is 1. The van der Waals surface area contributed by atoms with Gasteiger partial charge in [-0.15, -0.1) is 0 Å². The molecule has 1 atom stereocenters. The predicted molar refractivity (Wildman–Crippen MR) is 78.9 cm³/mol. The maximum Gasteiger partial charge on any atom is 0.0646 e. The second-order valence-corrected chi connectivity index (χ2v) is 5.55. The number of nitrogens with zero attached hydrogens (tertiary/aromatic N) is 2. The average Bonchev–Trinajstić information content (AvgIpc) is 2.63. The van der Waals surface area contributed by atoms with Crippen molar-refractivity contribution < 1.29 is 0 Å². The maximum atomic E-state index is 4.38. The van der Waals surface area contributed by atoms with Crippen molar-refractivity contribution in [2.24, 2.45) is 7.05 Å². The normalized spacial score (nSPS) is 12.5. The van der Waals surface area contributed by atoms with Crippen molar-refractivity contribution in [1.29, 1.82) is 0 Å². The van der Waals surface area contributed by atoms with Crippen LogP contribution in [0, 0.1) is 13.8 Å². The molecule has 0 fully saturated rings. The van der Waals surface area contributed by atoms with Crippen molar-refractivity contribution in [3.63, 3.8) is 0 Å². The second-order valence-electron chi connectivity index (χ2n) is 4.69. The minimum atomic E-state index is 0.233. The number of anilines is 1. The molecule has 0 spiro atoms. The molecule has 1 heterocycles. The molecule has 0 saturated heterocycles. The molecule has 0 aliphatic heterocycles. The van der Waals surface area contributed by atoms with Gasteiger partial charge in [-0.1, -0.05) is 6.07 Å². The van der Waals surface area contributed by atoms with E-state index in [0.717, 1.165) is 15.9 Å². The molecule has 0 aliphatic rings. The SMILES string of the molecule is Cc1ccc(Br)c(NC(C)c2cn(C)nc2C)c1. The lowest BCUT2D eigenvalue weighted by Gasteiger charge is -2.16. The van der Waals surface area contributed by atoms with E-state index in [0.29, 0.717) is 0 Å². The van der Waals surface area contributed by atoms with Crippen LogP contribution in [-0.4, -0.2) is 9.78 Å². The zero-order chi connectivity index (χ0) is 13.3. The summed E-state index contributed by atoms with van der Waals surface area (Å²) in [6, 6.07) is 6.54. The highest BCUT2D eigenvalue weighted by Crippen LogP contribution is 2.28. The lowest BCUT2D eigenvalue weighted by Crippen LogP contribution is -2.07. The third kappa shape index (κ3) is 2.75. The van der Waals surface area contributed by atoms with Gasteiger partial charge in [0.2, 0.25) is 0 Å². The molecular weight excluding hydrogens is 290 g/mol. The van der Waals surface area contributed by atoms with E-state index in [-0.39, 0.29) is 6.04 Å². The average molecular weight is 308 g/mol. The Morgan fingerprint density at radius 3 is 2.67 bits per heavy atom. The predicted octanol–water partition coefficient (Wildman–Crippen LogP) is 3.97. The van der Waals surface area contributed by atoms with Crippen LogP contribution in [0.3, 0.4) is 0 Å². The van der Waals surface area contributed by atoms with Crippen molar-refractivity contribution >= 4 is 21.6 Å². The monoisotopic (exact) mass is 307 g/mol. The zero-order valence-electron chi connectivity index (χ0n) is 11.2.